The third kappa shape index (κ3) is 4.11. The van der Waals surface area contributed by atoms with Gasteiger partial charge in [-0.15, -0.1) is 5.10 Å². The molecule has 0 radical (unpaired) electrons. The van der Waals surface area contributed by atoms with Crippen molar-refractivity contribution >= 4 is 6.03 Å². The quantitative estimate of drug-likeness (QED) is 0.777. The molecule has 1 saturated carbocycles. The van der Waals surface area contributed by atoms with Crippen LogP contribution in [-0.4, -0.2) is 38.8 Å². The van der Waals surface area contributed by atoms with Gasteiger partial charge in [0.05, 0.1) is 18.4 Å². The molecule has 24 heavy (non-hydrogen) atoms. The highest BCUT2D eigenvalue weighted by molar-refractivity contribution is 5.74. The van der Waals surface area contributed by atoms with Gasteiger partial charge < -0.3 is 15.7 Å². The Balaban J connectivity index is 1.50. The number of hydrogen-bond donors (Lipinski definition) is 3. The van der Waals surface area contributed by atoms with E-state index < -0.39 is 0 Å². The third-order valence-corrected chi connectivity index (χ3v) is 4.45. The molecule has 0 spiro atoms. The number of nitrogens with zero attached hydrogens (tertiary/aromatic N) is 3. The van der Waals surface area contributed by atoms with Crippen molar-refractivity contribution in [1.29, 1.82) is 0 Å². The van der Waals surface area contributed by atoms with Crippen molar-refractivity contribution in [2.45, 2.75) is 38.3 Å². The zero-order valence-corrected chi connectivity index (χ0v) is 13.6. The second kappa shape index (κ2) is 7.92. The molecular weight excluding hydrogens is 306 g/mol. The van der Waals surface area contributed by atoms with Crippen molar-refractivity contribution in [3.05, 3.63) is 42.2 Å². The topological polar surface area (TPSA) is 92.1 Å². The van der Waals surface area contributed by atoms with Crippen LogP contribution >= 0.6 is 0 Å². The number of rotatable bonds is 5. The molecule has 7 heteroatoms. The van der Waals surface area contributed by atoms with E-state index in [9.17, 15) is 9.90 Å². The average molecular weight is 329 g/mol. The van der Waals surface area contributed by atoms with E-state index in [-0.39, 0.29) is 24.6 Å². The second-order valence-electron chi connectivity index (χ2n) is 6.15. The van der Waals surface area contributed by atoms with Crippen LogP contribution in [0.3, 0.4) is 0 Å². The van der Waals surface area contributed by atoms with Gasteiger partial charge in [-0.2, -0.15) is 0 Å². The maximum Gasteiger partial charge on any atom is 0.315 e. The molecule has 1 aliphatic carbocycles. The van der Waals surface area contributed by atoms with Gasteiger partial charge in [0.15, 0.2) is 0 Å². The van der Waals surface area contributed by atoms with Crippen LogP contribution in [0.25, 0.3) is 5.69 Å². The number of amides is 2. The summed E-state index contributed by atoms with van der Waals surface area (Å²) in [6, 6.07) is 9.51. The summed E-state index contributed by atoms with van der Waals surface area (Å²) in [4.78, 5) is 12.1. The van der Waals surface area contributed by atoms with E-state index in [2.05, 4.69) is 20.9 Å². The molecule has 1 fully saturated rings. The summed E-state index contributed by atoms with van der Waals surface area (Å²) in [5.74, 6) is 0.156. The molecule has 2 aromatic rings. The Morgan fingerprint density at radius 1 is 1.25 bits per heavy atom. The van der Waals surface area contributed by atoms with Gasteiger partial charge in [-0.1, -0.05) is 36.3 Å². The number of carbonyl (C=O) groups excluding carboxylic acids is 1. The molecule has 3 N–H and O–H groups in total. The van der Waals surface area contributed by atoms with E-state index in [1.807, 2.05) is 30.3 Å². The third-order valence-electron chi connectivity index (χ3n) is 4.45. The van der Waals surface area contributed by atoms with Crippen molar-refractivity contribution in [2.24, 2.45) is 5.92 Å². The Morgan fingerprint density at radius 3 is 2.83 bits per heavy atom. The molecule has 1 aromatic carbocycles. The Morgan fingerprint density at radius 2 is 2.04 bits per heavy atom. The summed E-state index contributed by atoms with van der Waals surface area (Å²) in [5.41, 5.74) is 1.62. The fourth-order valence-corrected chi connectivity index (χ4v) is 3.09. The first-order valence-electron chi connectivity index (χ1n) is 8.38. The van der Waals surface area contributed by atoms with Crippen LogP contribution in [-0.2, 0) is 6.54 Å². The first-order chi connectivity index (χ1) is 11.8. The molecular formula is C17H23N5O2. The molecule has 0 aliphatic heterocycles. The minimum absolute atomic E-state index is 0.0451. The van der Waals surface area contributed by atoms with Crippen LogP contribution < -0.4 is 10.6 Å². The largest absolute Gasteiger partial charge is 0.396 e. The molecule has 1 aliphatic rings. The maximum atomic E-state index is 12.1. The Kier molecular flexibility index (Phi) is 5.43. The summed E-state index contributed by atoms with van der Waals surface area (Å²) in [6.07, 6.45) is 5.89. The normalized spacial score (nSPS) is 20.5. The van der Waals surface area contributed by atoms with Crippen LogP contribution in [0.5, 0.6) is 0 Å². The first kappa shape index (κ1) is 16.4. The number of carbonyl (C=O) groups is 1. The zero-order chi connectivity index (χ0) is 16.8. The molecule has 128 valence electrons. The van der Waals surface area contributed by atoms with Crippen molar-refractivity contribution in [2.75, 3.05) is 6.61 Å². The summed E-state index contributed by atoms with van der Waals surface area (Å²) >= 11 is 0. The van der Waals surface area contributed by atoms with Gasteiger partial charge in [0.1, 0.15) is 5.69 Å². The number of aliphatic hydroxyl groups excluding tert-OH is 1. The molecule has 3 rings (SSSR count). The van der Waals surface area contributed by atoms with E-state index in [0.29, 0.717) is 12.2 Å². The average Bonchev–Trinajstić information content (AvgIpc) is 3.10. The molecule has 0 saturated heterocycles. The molecule has 0 unspecified atom stereocenters. The van der Waals surface area contributed by atoms with Crippen LogP contribution in [0.1, 0.15) is 31.4 Å². The van der Waals surface area contributed by atoms with E-state index >= 15 is 0 Å². The van der Waals surface area contributed by atoms with Crippen molar-refractivity contribution in [1.82, 2.24) is 25.6 Å². The highest BCUT2D eigenvalue weighted by atomic mass is 16.3. The number of nitrogens with one attached hydrogen (secondary N) is 2. The smallest absolute Gasteiger partial charge is 0.315 e. The summed E-state index contributed by atoms with van der Waals surface area (Å²) in [6.45, 7) is 0.436. The standard InChI is InChI=1S/C17H23N5O2/c23-12-13-6-4-5-9-16(13)19-17(24)18-10-14-11-22(21-20-14)15-7-2-1-3-8-15/h1-3,7-8,11,13,16,23H,4-6,9-10,12H2,(H2,18,19,24)/t13-,16+/m0/s1. The Labute approximate surface area is 141 Å². The Bertz CT molecular complexity index is 658. The molecule has 1 heterocycles. The molecule has 2 amide bonds. The number of benzene rings is 1. The minimum Gasteiger partial charge on any atom is -0.396 e. The van der Waals surface area contributed by atoms with Gasteiger partial charge in [0, 0.05) is 18.6 Å². The SMILES string of the molecule is O=C(NCc1cn(-c2ccccc2)nn1)N[C@@H]1CCCC[C@H]1CO. The molecule has 0 bridgehead atoms. The second-order valence-corrected chi connectivity index (χ2v) is 6.15. The molecule has 2 atom stereocenters. The van der Waals surface area contributed by atoms with Gasteiger partial charge in [-0.05, 0) is 25.0 Å². The van der Waals surface area contributed by atoms with E-state index in [1.165, 1.54) is 0 Å². The Hall–Kier alpha value is -2.41. The lowest BCUT2D eigenvalue weighted by molar-refractivity contribution is 0.153. The predicted octanol–water partition coefficient (Wildman–Crippen LogP) is 1.62. The van der Waals surface area contributed by atoms with Crippen molar-refractivity contribution < 1.29 is 9.90 Å². The van der Waals surface area contributed by atoms with E-state index in [0.717, 1.165) is 31.4 Å². The maximum absolute atomic E-state index is 12.1. The monoisotopic (exact) mass is 329 g/mol. The number of para-hydroxylation sites is 1. The first-order valence-corrected chi connectivity index (χ1v) is 8.38. The van der Waals surface area contributed by atoms with Crippen LogP contribution in [0.2, 0.25) is 0 Å². The highest BCUT2D eigenvalue weighted by Gasteiger charge is 2.25. The van der Waals surface area contributed by atoms with Crippen molar-refractivity contribution in [3.63, 3.8) is 0 Å². The minimum atomic E-state index is -0.227. The summed E-state index contributed by atoms with van der Waals surface area (Å²) in [5, 5.41) is 23.3. The fraction of sp³-hybridized carbons (Fsp3) is 0.471. The molecule has 1 aromatic heterocycles. The van der Waals surface area contributed by atoms with Gasteiger partial charge in [0.2, 0.25) is 0 Å². The fourth-order valence-electron chi connectivity index (χ4n) is 3.09. The number of aromatic nitrogens is 3. The van der Waals surface area contributed by atoms with Gasteiger partial charge in [0.25, 0.3) is 0 Å². The number of aliphatic hydroxyl groups is 1. The van der Waals surface area contributed by atoms with Crippen LogP contribution in [0.15, 0.2) is 36.5 Å². The summed E-state index contributed by atoms with van der Waals surface area (Å²) in [7, 11) is 0. The van der Waals surface area contributed by atoms with Gasteiger partial charge >= 0.3 is 6.03 Å². The van der Waals surface area contributed by atoms with E-state index in [1.54, 1.807) is 10.9 Å². The highest BCUT2D eigenvalue weighted by Crippen LogP contribution is 2.23. The zero-order valence-electron chi connectivity index (χ0n) is 13.6. The predicted molar refractivity (Wildman–Crippen MR) is 89.6 cm³/mol. The number of urea groups is 1. The number of hydrogen-bond acceptors (Lipinski definition) is 4. The lowest BCUT2D eigenvalue weighted by atomic mass is 9.85. The lowest BCUT2D eigenvalue weighted by Gasteiger charge is -2.30. The van der Waals surface area contributed by atoms with Crippen molar-refractivity contribution in [3.8, 4) is 5.69 Å². The van der Waals surface area contributed by atoms with Gasteiger partial charge in [-0.3, -0.25) is 0 Å². The molecule has 7 nitrogen and oxygen atoms in total. The summed E-state index contributed by atoms with van der Waals surface area (Å²) < 4.78 is 1.68. The van der Waals surface area contributed by atoms with Crippen LogP contribution in [0, 0.1) is 5.92 Å². The van der Waals surface area contributed by atoms with E-state index in [4.69, 9.17) is 0 Å². The lowest BCUT2D eigenvalue weighted by Crippen LogP contribution is -2.47. The van der Waals surface area contributed by atoms with Crippen LogP contribution in [0.4, 0.5) is 4.79 Å². The van der Waals surface area contributed by atoms with Gasteiger partial charge in [-0.25, -0.2) is 9.48 Å².